The predicted molar refractivity (Wildman–Crippen MR) is 126 cm³/mol. The lowest BCUT2D eigenvalue weighted by molar-refractivity contribution is 0.240. The summed E-state index contributed by atoms with van der Waals surface area (Å²) in [5.41, 5.74) is 2.08. The number of carbonyl (C=O) groups is 1. The number of carbonyl (C=O) groups excluding carboxylic acids is 1. The van der Waals surface area contributed by atoms with Crippen LogP contribution in [0.25, 0.3) is 0 Å². The van der Waals surface area contributed by atoms with Gasteiger partial charge in [-0.3, -0.25) is 4.90 Å². The molecule has 0 bridgehead atoms. The first-order valence-corrected chi connectivity index (χ1v) is 11.5. The van der Waals surface area contributed by atoms with E-state index in [4.69, 9.17) is 5.26 Å². The van der Waals surface area contributed by atoms with Gasteiger partial charge in [0.2, 0.25) is 5.13 Å². The van der Waals surface area contributed by atoms with E-state index in [0.29, 0.717) is 24.2 Å². The second-order valence-corrected chi connectivity index (χ2v) is 8.43. The van der Waals surface area contributed by atoms with Gasteiger partial charge in [0.25, 0.3) is 0 Å². The molecule has 1 fully saturated rings. The Balaban J connectivity index is 1.17. The first kappa shape index (κ1) is 22.6. The van der Waals surface area contributed by atoms with E-state index in [2.05, 4.69) is 35.9 Å². The van der Waals surface area contributed by atoms with E-state index in [0.717, 1.165) is 49.2 Å². The SMILES string of the molecule is N#Cc1cccc(NC(=O)NCCN2CCN(c3nc(Cc4ccc(F)cc4)ns3)CC2)c1. The van der Waals surface area contributed by atoms with Crippen molar-refractivity contribution in [3.8, 4) is 6.07 Å². The first-order chi connectivity index (χ1) is 16.1. The second-order valence-electron chi connectivity index (χ2n) is 7.70. The molecule has 4 rings (SSSR count). The van der Waals surface area contributed by atoms with Crippen LogP contribution in [0, 0.1) is 17.1 Å². The molecule has 8 nitrogen and oxygen atoms in total. The summed E-state index contributed by atoms with van der Waals surface area (Å²) >= 11 is 1.39. The number of nitrogens with zero attached hydrogens (tertiary/aromatic N) is 5. The fraction of sp³-hybridized carbons (Fsp3) is 0.304. The minimum atomic E-state index is -0.286. The highest BCUT2D eigenvalue weighted by atomic mass is 32.1. The number of anilines is 2. The summed E-state index contributed by atoms with van der Waals surface area (Å²) < 4.78 is 17.5. The van der Waals surface area contributed by atoms with Gasteiger partial charge in [0.1, 0.15) is 11.6 Å². The maximum absolute atomic E-state index is 13.1. The van der Waals surface area contributed by atoms with Crippen LogP contribution in [0.1, 0.15) is 17.0 Å². The number of aromatic nitrogens is 2. The lowest BCUT2D eigenvalue weighted by Gasteiger charge is -2.34. The Morgan fingerprint density at radius 1 is 1.15 bits per heavy atom. The number of nitriles is 1. The van der Waals surface area contributed by atoms with Gasteiger partial charge in [-0.15, -0.1) is 0 Å². The fourth-order valence-electron chi connectivity index (χ4n) is 3.56. The average Bonchev–Trinajstić information content (AvgIpc) is 3.29. The van der Waals surface area contributed by atoms with Crippen LogP contribution in [0.4, 0.5) is 20.0 Å². The Morgan fingerprint density at radius 3 is 2.70 bits per heavy atom. The Kier molecular flexibility index (Phi) is 7.44. The Bertz CT molecular complexity index is 1120. The average molecular weight is 466 g/mol. The van der Waals surface area contributed by atoms with Crippen LogP contribution in [0.3, 0.4) is 0 Å². The zero-order valence-corrected chi connectivity index (χ0v) is 18.8. The van der Waals surface area contributed by atoms with Crippen molar-refractivity contribution < 1.29 is 9.18 Å². The van der Waals surface area contributed by atoms with Crippen LogP contribution < -0.4 is 15.5 Å². The molecule has 2 heterocycles. The number of rotatable bonds is 7. The van der Waals surface area contributed by atoms with Crippen molar-refractivity contribution >= 4 is 28.4 Å². The molecule has 0 spiro atoms. The number of urea groups is 1. The zero-order valence-electron chi connectivity index (χ0n) is 18.0. The van der Waals surface area contributed by atoms with Crippen LogP contribution in [0.15, 0.2) is 48.5 Å². The summed E-state index contributed by atoms with van der Waals surface area (Å²) in [4.78, 5) is 21.3. The molecule has 0 unspecified atom stereocenters. The number of benzene rings is 2. The highest BCUT2D eigenvalue weighted by Crippen LogP contribution is 2.20. The quantitative estimate of drug-likeness (QED) is 0.557. The summed E-state index contributed by atoms with van der Waals surface area (Å²) in [5, 5.41) is 15.4. The van der Waals surface area contributed by atoms with Gasteiger partial charge >= 0.3 is 6.03 Å². The monoisotopic (exact) mass is 465 g/mol. The zero-order chi connectivity index (χ0) is 23.0. The van der Waals surface area contributed by atoms with E-state index in [1.54, 1.807) is 36.4 Å². The van der Waals surface area contributed by atoms with Gasteiger partial charge in [-0.25, -0.2) is 14.2 Å². The van der Waals surface area contributed by atoms with Crippen LogP contribution in [0.5, 0.6) is 0 Å². The van der Waals surface area contributed by atoms with E-state index in [1.165, 1.54) is 23.7 Å². The summed E-state index contributed by atoms with van der Waals surface area (Å²) in [6, 6.07) is 15.0. The van der Waals surface area contributed by atoms with E-state index in [1.807, 2.05) is 0 Å². The number of halogens is 1. The molecule has 1 saturated heterocycles. The van der Waals surface area contributed by atoms with Crippen LogP contribution in [-0.4, -0.2) is 59.6 Å². The molecule has 3 aromatic rings. The van der Waals surface area contributed by atoms with Crippen LogP contribution >= 0.6 is 11.5 Å². The molecule has 1 aliphatic rings. The van der Waals surface area contributed by atoms with E-state index < -0.39 is 0 Å². The molecule has 0 atom stereocenters. The van der Waals surface area contributed by atoms with E-state index in [9.17, 15) is 9.18 Å². The highest BCUT2D eigenvalue weighted by molar-refractivity contribution is 7.09. The first-order valence-electron chi connectivity index (χ1n) is 10.7. The Morgan fingerprint density at radius 2 is 1.94 bits per heavy atom. The second kappa shape index (κ2) is 10.8. The third-order valence-electron chi connectivity index (χ3n) is 5.34. The minimum Gasteiger partial charge on any atom is -0.344 e. The predicted octanol–water partition coefficient (Wildman–Crippen LogP) is 3.08. The van der Waals surface area contributed by atoms with Crippen molar-refractivity contribution in [1.29, 1.82) is 5.26 Å². The van der Waals surface area contributed by atoms with Crippen molar-refractivity contribution in [2.75, 3.05) is 49.5 Å². The Labute approximate surface area is 195 Å². The molecule has 2 amide bonds. The Hall–Kier alpha value is -3.55. The van der Waals surface area contributed by atoms with Crippen LogP contribution in [0.2, 0.25) is 0 Å². The molecule has 10 heteroatoms. The van der Waals surface area contributed by atoms with Gasteiger partial charge in [-0.05, 0) is 35.9 Å². The van der Waals surface area contributed by atoms with Crippen molar-refractivity contribution in [3.63, 3.8) is 0 Å². The third-order valence-corrected chi connectivity index (χ3v) is 6.15. The smallest absolute Gasteiger partial charge is 0.319 e. The maximum atomic E-state index is 13.1. The van der Waals surface area contributed by atoms with Gasteiger partial charge in [0, 0.05) is 62.9 Å². The third kappa shape index (κ3) is 6.47. The number of amides is 2. The summed E-state index contributed by atoms with van der Waals surface area (Å²) in [6.45, 7) is 4.73. The molecule has 33 heavy (non-hydrogen) atoms. The molecule has 2 N–H and O–H groups in total. The number of nitrogens with one attached hydrogen (secondary N) is 2. The van der Waals surface area contributed by atoms with Gasteiger partial charge < -0.3 is 15.5 Å². The topological polar surface area (TPSA) is 97.2 Å². The molecule has 170 valence electrons. The van der Waals surface area contributed by atoms with Gasteiger partial charge in [0.05, 0.1) is 11.6 Å². The molecule has 0 aliphatic carbocycles. The van der Waals surface area contributed by atoms with E-state index in [-0.39, 0.29) is 11.8 Å². The van der Waals surface area contributed by atoms with Crippen molar-refractivity contribution in [1.82, 2.24) is 19.6 Å². The number of piperazine rings is 1. The lowest BCUT2D eigenvalue weighted by Crippen LogP contribution is -2.48. The van der Waals surface area contributed by atoms with Crippen LogP contribution in [-0.2, 0) is 6.42 Å². The van der Waals surface area contributed by atoms with Gasteiger partial charge in [-0.2, -0.15) is 9.64 Å². The number of hydrogen-bond acceptors (Lipinski definition) is 7. The molecular weight excluding hydrogens is 441 g/mol. The molecule has 1 aliphatic heterocycles. The molecule has 0 saturated carbocycles. The normalized spacial score (nSPS) is 14.0. The standard InChI is InChI=1S/C23H24FN7OS/c24-19-6-4-17(5-7-19)15-21-28-23(33-29-21)31-12-10-30(11-13-31)9-8-26-22(32)27-20-3-1-2-18(14-20)16-25/h1-7,14H,8-13,15H2,(H2,26,27,32). The van der Waals surface area contributed by atoms with Crippen molar-refractivity contribution in [3.05, 3.63) is 71.3 Å². The highest BCUT2D eigenvalue weighted by Gasteiger charge is 2.20. The fourth-order valence-corrected chi connectivity index (χ4v) is 4.30. The summed E-state index contributed by atoms with van der Waals surface area (Å²) in [7, 11) is 0. The lowest BCUT2D eigenvalue weighted by atomic mass is 10.1. The largest absolute Gasteiger partial charge is 0.344 e. The van der Waals surface area contributed by atoms with E-state index >= 15 is 0 Å². The van der Waals surface area contributed by atoms with Crippen molar-refractivity contribution in [2.24, 2.45) is 0 Å². The molecule has 0 radical (unpaired) electrons. The van der Waals surface area contributed by atoms with Gasteiger partial charge in [0.15, 0.2) is 0 Å². The molecule has 1 aromatic heterocycles. The number of hydrogen-bond donors (Lipinski definition) is 2. The van der Waals surface area contributed by atoms with Crippen molar-refractivity contribution in [2.45, 2.75) is 6.42 Å². The maximum Gasteiger partial charge on any atom is 0.319 e. The summed E-state index contributed by atoms with van der Waals surface area (Å²) in [6.07, 6.45) is 0.589. The molecule has 2 aromatic carbocycles. The molecular formula is C23H24FN7OS. The van der Waals surface area contributed by atoms with Gasteiger partial charge in [-0.1, -0.05) is 18.2 Å². The summed E-state index contributed by atoms with van der Waals surface area (Å²) in [5.74, 6) is 0.504. The minimum absolute atomic E-state index is 0.246.